The van der Waals surface area contributed by atoms with Crippen molar-refractivity contribution < 1.29 is 9.32 Å². The first-order valence-electron chi connectivity index (χ1n) is 10.7. The molecule has 34 heavy (non-hydrogen) atoms. The van der Waals surface area contributed by atoms with Crippen molar-refractivity contribution in [2.24, 2.45) is 0 Å². The van der Waals surface area contributed by atoms with Crippen molar-refractivity contribution in [3.05, 3.63) is 80.5 Å². The van der Waals surface area contributed by atoms with Crippen molar-refractivity contribution in [3.8, 4) is 17.2 Å². The smallest absolute Gasteiger partial charge is 0.339 e. The summed E-state index contributed by atoms with van der Waals surface area (Å²) in [6.07, 6.45) is 1.89. The molecule has 0 radical (unpaired) electrons. The van der Waals surface area contributed by atoms with Gasteiger partial charge >= 0.3 is 5.69 Å². The number of pyridine rings is 1. The predicted octanol–water partition coefficient (Wildman–Crippen LogP) is 2.05. The summed E-state index contributed by atoms with van der Waals surface area (Å²) in [6.45, 7) is 5.67. The van der Waals surface area contributed by atoms with Crippen molar-refractivity contribution in [1.29, 1.82) is 0 Å². The van der Waals surface area contributed by atoms with Crippen LogP contribution in [0.3, 0.4) is 0 Å². The van der Waals surface area contributed by atoms with E-state index in [4.69, 9.17) is 4.52 Å². The Morgan fingerprint density at radius 2 is 1.79 bits per heavy atom. The number of aryl methyl sites for hydroxylation is 3. The fraction of sp³-hybridized carbons (Fsp3) is 0.261. The van der Waals surface area contributed by atoms with Gasteiger partial charge in [0.2, 0.25) is 17.6 Å². The maximum absolute atomic E-state index is 12.9. The monoisotopic (exact) mass is 461 g/mol. The zero-order valence-electron chi connectivity index (χ0n) is 19.0. The lowest BCUT2D eigenvalue weighted by Crippen LogP contribution is -2.41. The van der Waals surface area contributed by atoms with E-state index in [1.165, 1.54) is 0 Å². The lowest BCUT2D eigenvalue weighted by Gasteiger charge is -2.09. The van der Waals surface area contributed by atoms with Crippen LogP contribution in [-0.2, 0) is 17.8 Å². The van der Waals surface area contributed by atoms with Gasteiger partial charge in [0.1, 0.15) is 5.82 Å². The maximum atomic E-state index is 12.9. The lowest BCUT2D eigenvalue weighted by molar-refractivity contribution is -0.116. The minimum absolute atomic E-state index is 0.0522. The Bertz CT molecular complexity index is 1430. The van der Waals surface area contributed by atoms with Gasteiger partial charge in [0, 0.05) is 25.6 Å². The van der Waals surface area contributed by atoms with Crippen LogP contribution >= 0.6 is 0 Å². The molecule has 1 amide bonds. The van der Waals surface area contributed by atoms with Crippen LogP contribution in [0.4, 0.5) is 5.82 Å². The van der Waals surface area contributed by atoms with Gasteiger partial charge in [-0.25, -0.2) is 9.78 Å². The third-order valence-electron chi connectivity index (χ3n) is 5.08. The van der Waals surface area contributed by atoms with E-state index in [1.807, 2.05) is 32.0 Å². The number of aromatic nitrogens is 6. The number of rotatable bonds is 7. The summed E-state index contributed by atoms with van der Waals surface area (Å²) in [6, 6.07) is 10.7. The normalized spacial score (nSPS) is 10.9. The van der Waals surface area contributed by atoms with E-state index < -0.39 is 11.2 Å². The van der Waals surface area contributed by atoms with Gasteiger partial charge in [0.15, 0.2) is 5.69 Å². The molecule has 4 aromatic rings. The van der Waals surface area contributed by atoms with E-state index in [-0.39, 0.29) is 42.7 Å². The van der Waals surface area contributed by atoms with Crippen molar-refractivity contribution >= 4 is 11.7 Å². The summed E-state index contributed by atoms with van der Waals surface area (Å²) in [5, 5.41) is 10.8. The van der Waals surface area contributed by atoms with Crippen molar-refractivity contribution in [3.63, 3.8) is 0 Å². The summed E-state index contributed by atoms with van der Waals surface area (Å²) in [5.41, 5.74) is 1.21. The molecule has 1 aromatic carbocycles. The Morgan fingerprint density at radius 3 is 2.47 bits per heavy atom. The van der Waals surface area contributed by atoms with Crippen LogP contribution in [0.25, 0.3) is 17.2 Å². The first-order chi connectivity index (χ1) is 16.4. The molecule has 0 atom stereocenters. The average Bonchev–Trinajstić information content (AvgIpc) is 3.29. The molecule has 174 valence electrons. The van der Waals surface area contributed by atoms with E-state index in [9.17, 15) is 14.4 Å². The van der Waals surface area contributed by atoms with Crippen molar-refractivity contribution in [2.75, 3.05) is 5.32 Å². The molecule has 11 nitrogen and oxygen atoms in total. The second-order valence-electron chi connectivity index (χ2n) is 7.71. The first kappa shape index (κ1) is 22.8. The molecule has 3 heterocycles. The van der Waals surface area contributed by atoms with Gasteiger partial charge in [-0.15, -0.1) is 0 Å². The molecule has 0 aliphatic rings. The number of amides is 1. The van der Waals surface area contributed by atoms with Crippen LogP contribution in [0, 0.1) is 13.8 Å². The highest BCUT2D eigenvalue weighted by Crippen LogP contribution is 2.12. The molecular weight excluding hydrogens is 438 g/mol. The van der Waals surface area contributed by atoms with Crippen LogP contribution in [0.1, 0.15) is 30.4 Å². The molecular formula is C23H23N7O4. The average molecular weight is 461 g/mol. The third kappa shape index (κ3) is 4.82. The summed E-state index contributed by atoms with van der Waals surface area (Å²) in [7, 11) is 0. The molecule has 0 fully saturated rings. The second-order valence-corrected chi connectivity index (χ2v) is 7.71. The SMILES string of the molecule is CCn1c(=O)c(-c2noc(CCC(=O)Nc3ccc(C)cn3)n2)nn(-c2ccc(C)cc2)c1=O. The number of anilines is 1. The van der Waals surface area contributed by atoms with E-state index >= 15 is 0 Å². The van der Waals surface area contributed by atoms with Gasteiger partial charge in [-0.05, 0) is 44.5 Å². The van der Waals surface area contributed by atoms with Gasteiger partial charge in [0.05, 0.1) is 5.69 Å². The summed E-state index contributed by atoms with van der Waals surface area (Å²) < 4.78 is 7.42. The first-order valence-corrected chi connectivity index (χ1v) is 10.7. The maximum Gasteiger partial charge on any atom is 0.352 e. The molecule has 3 aromatic heterocycles. The quantitative estimate of drug-likeness (QED) is 0.441. The molecule has 0 saturated heterocycles. The molecule has 0 aliphatic heterocycles. The Morgan fingerprint density at radius 1 is 1.06 bits per heavy atom. The zero-order chi connectivity index (χ0) is 24.2. The summed E-state index contributed by atoms with van der Waals surface area (Å²) >= 11 is 0. The number of carbonyl (C=O) groups excluding carboxylic acids is 1. The number of carbonyl (C=O) groups is 1. The third-order valence-corrected chi connectivity index (χ3v) is 5.08. The number of nitrogens with one attached hydrogen (secondary N) is 1. The minimum Gasteiger partial charge on any atom is -0.339 e. The van der Waals surface area contributed by atoms with Crippen LogP contribution in [0.15, 0.2) is 56.7 Å². The van der Waals surface area contributed by atoms with E-state index in [1.54, 1.807) is 31.3 Å². The lowest BCUT2D eigenvalue weighted by atomic mass is 10.2. The Labute approximate surface area is 194 Å². The molecule has 0 unspecified atom stereocenters. The van der Waals surface area contributed by atoms with E-state index in [0.29, 0.717) is 11.5 Å². The molecule has 1 N–H and O–H groups in total. The van der Waals surface area contributed by atoms with Gasteiger partial charge in [-0.2, -0.15) is 14.8 Å². The largest absolute Gasteiger partial charge is 0.352 e. The van der Waals surface area contributed by atoms with Crippen LogP contribution in [-0.4, -0.2) is 35.4 Å². The standard InChI is InChI=1S/C23H23N7O4/c1-4-29-22(32)20(27-30(23(29)33)16-8-5-14(2)6-9-16)21-26-19(34-28-21)12-11-18(31)25-17-10-7-15(3)13-24-17/h5-10,13H,4,11-12H2,1-3H3,(H,24,25,31). The molecule has 11 heteroatoms. The predicted molar refractivity (Wildman–Crippen MR) is 124 cm³/mol. The molecule has 0 spiro atoms. The number of nitrogens with zero attached hydrogens (tertiary/aromatic N) is 6. The topological polar surface area (TPSA) is 138 Å². The number of hydrogen-bond acceptors (Lipinski definition) is 8. The van der Waals surface area contributed by atoms with E-state index in [0.717, 1.165) is 20.4 Å². The highest BCUT2D eigenvalue weighted by molar-refractivity contribution is 5.89. The van der Waals surface area contributed by atoms with Gasteiger partial charge in [0.25, 0.3) is 5.56 Å². The van der Waals surface area contributed by atoms with Gasteiger partial charge in [-0.1, -0.05) is 28.9 Å². The minimum atomic E-state index is -0.619. The van der Waals surface area contributed by atoms with Crippen LogP contribution in [0.5, 0.6) is 0 Å². The van der Waals surface area contributed by atoms with Gasteiger partial charge < -0.3 is 9.84 Å². The fourth-order valence-electron chi connectivity index (χ4n) is 3.21. The van der Waals surface area contributed by atoms with Crippen molar-refractivity contribution in [2.45, 2.75) is 40.2 Å². The highest BCUT2D eigenvalue weighted by atomic mass is 16.5. The Hall–Kier alpha value is -4.41. The van der Waals surface area contributed by atoms with Crippen LogP contribution < -0.4 is 16.6 Å². The van der Waals surface area contributed by atoms with Crippen LogP contribution in [0.2, 0.25) is 0 Å². The Balaban J connectivity index is 1.56. The van der Waals surface area contributed by atoms with Crippen molar-refractivity contribution in [1.82, 2.24) is 29.5 Å². The molecule has 0 aliphatic carbocycles. The zero-order valence-corrected chi connectivity index (χ0v) is 19.0. The fourth-order valence-corrected chi connectivity index (χ4v) is 3.21. The molecule has 4 rings (SSSR count). The van der Waals surface area contributed by atoms with Gasteiger partial charge in [-0.3, -0.25) is 14.2 Å². The Kier molecular flexibility index (Phi) is 6.44. The summed E-state index contributed by atoms with van der Waals surface area (Å²) in [4.78, 5) is 46.2. The highest BCUT2D eigenvalue weighted by Gasteiger charge is 2.20. The number of hydrogen-bond donors (Lipinski definition) is 1. The molecule has 0 bridgehead atoms. The number of benzene rings is 1. The second kappa shape index (κ2) is 9.61. The summed E-state index contributed by atoms with van der Waals surface area (Å²) in [5.74, 6) is 0.294. The molecule has 0 saturated carbocycles. The van der Waals surface area contributed by atoms with E-state index in [2.05, 4.69) is 25.5 Å².